The number of ether oxygens (including phenoxy) is 1. The lowest BCUT2D eigenvalue weighted by Crippen LogP contribution is -2.46. The quantitative estimate of drug-likeness (QED) is 0.389. The smallest absolute Gasteiger partial charge is 0.335 e. The lowest BCUT2D eigenvalue weighted by atomic mass is 9.90. The van der Waals surface area contributed by atoms with E-state index in [-0.39, 0.29) is 12.0 Å². The molecule has 2 fully saturated rings. The Balaban J connectivity index is 0.000000289. The van der Waals surface area contributed by atoms with E-state index in [9.17, 15) is 14.4 Å². The van der Waals surface area contributed by atoms with E-state index in [0.717, 1.165) is 54.2 Å². The minimum Gasteiger partial charge on any atom is -0.479 e. The molecule has 0 radical (unpaired) electrons. The van der Waals surface area contributed by atoms with Gasteiger partial charge in [-0.05, 0) is 37.8 Å². The Labute approximate surface area is 223 Å². The van der Waals surface area contributed by atoms with Gasteiger partial charge in [0.2, 0.25) is 0 Å². The van der Waals surface area contributed by atoms with Gasteiger partial charge in [0.15, 0.2) is 12.2 Å². The van der Waals surface area contributed by atoms with Gasteiger partial charge in [0, 0.05) is 50.1 Å². The molecule has 1 amide bonds. The molecule has 12 nitrogen and oxygen atoms in total. The summed E-state index contributed by atoms with van der Waals surface area (Å²) in [5.74, 6) is -3.47. The summed E-state index contributed by atoms with van der Waals surface area (Å²) < 4.78 is 6.24. The van der Waals surface area contributed by atoms with Gasteiger partial charge in [-0.15, -0.1) is 0 Å². The molecule has 0 spiro atoms. The molecule has 4 N–H and O–H groups in total. The summed E-state index contributed by atoms with van der Waals surface area (Å²) in [6.45, 7) is 3.62. The average Bonchev–Trinajstić information content (AvgIpc) is 3.29. The van der Waals surface area contributed by atoms with Crippen LogP contribution in [-0.4, -0.2) is 102 Å². The first kappa shape index (κ1) is 27.9. The van der Waals surface area contributed by atoms with E-state index in [1.807, 2.05) is 4.90 Å². The number of likely N-dealkylation sites (tertiary alicyclic amines) is 1. The monoisotopic (exact) mass is 548 g/mol. The van der Waals surface area contributed by atoms with Gasteiger partial charge in [-0.2, -0.15) is 0 Å². The molecule has 2 aromatic heterocycles. The summed E-state index contributed by atoms with van der Waals surface area (Å²) in [4.78, 5) is 46.7. The first-order valence-corrected chi connectivity index (χ1v) is 13.4. The molecular formula is C25H32N4O8S. The first-order chi connectivity index (χ1) is 18.2. The largest absolute Gasteiger partial charge is 0.479 e. The Kier molecular flexibility index (Phi) is 9.26. The van der Waals surface area contributed by atoms with Crippen molar-refractivity contribution >= 4 is 29.2 Å². The van der Waals surface area contributed by atoms with Crippen molar-refractivity contribution in [2.24, 2.45) is 0 Å². The summed E-state index contributed by atoms with van der Waals surface area (Å²) in [7, 11) is 0. The minimum atomic E-state index is -2.27. The highest BCUT2D eigenvalue weighted by molar-refractivity contribution is 7.13. The van der Waals surface area contributed by atoms with Crippen molar-refractivity contribution in [1.82, 2.24) is 19.8 Å². The van der Waals surface area contributed by atoms with Crippen LogP contribution in [0, 0.1) is 0 Å². The number of hydrogen-bond donors (Lipinski definition) is 4. The number of carbonyl (C=O) groups excluding carboxylic acids is 1. The van der Waals surface area contributed by atoms with Crippen LogP contribution in [0.5, 0.6) is 5.19 Å². The van der Waals surface area contributed by atoms with Crippen LogP contribution in [0.25, 0.3) is 0 Å². The molecule has 2 aromatic rings. The molecule has 206 valence electrons. The van der Waals surface area contributed by atoms with Crippen molar-refractivity contribution in [1.29, 1.82) is 0 Å². The molecule has 1 saturated carbocycles. The summed E-state index contributed by atoms with van der Waals surface area (Å²) in [5, 5.41) is 33.3. The number of carboxylic acid groups (broad SMARTS) is 2. The Morgan fingerprint density at radius 3 is 2.16 bits per heavy atom. The SMILES string of the molecule is O=C(O)C(O)C(O)C(=O)O.O=C(c1ccncc1)N1CCc2nc(OC3CCN(C4CCC4)CC3)sc2C1. The number of aliphatic carboxylic acids is 2. The highest BCUT2D eigenvalue weighted by Crippen LogP contribution is 2.33. The van der Waals surface area contributed by atoms with Crippen molar-refractivity contribution in [3.63, 3.8) is 0 Å². The highest BCUT2D eigenvalue weighted by atomic mass is 32.1. The maximum absolute atomic E-state index is 12.7. The van der Waals surface area contributed by atoms with Crippen LogP contribution in [-0.2, 0) is 22.6 Å². The number of aromatic nitrogens is 2. The number of aliphatic hydroxyl groups excluding tert-OH is 2. The van der Waals surface area contributed by atoms with Gasteiger partial charge >= 0.3 is 11.9 Å². The fourth-order valence-corrected chi connectivity index (χ4v) is 5.63. The molecule has 38 heavy (non-hydrogen) atoms. The second-order valence-corrected chi connectivity index (χ2v) is 10.6. The van der Waals surface area contributed by atoms with Crippen molar-refractivity contribution in [3.8, 4) is 5.19 Å². The number of carbonyl (C=O) groups is 3. The normalized spacial score (nSPS) is 19.8. The third-order valence-corrected chi connectivity index (χ3v) is 8.04. The number of rotatable bonds is 7. The number of hydrogen-bond acceptors (Lipinski definition) is 10. The molecule has 3 aliphatic rings. The van der Waals surface area contributed by atoms with Crippen molar-refractivity contribution in [2.45, 2.75) is 69.4 Å². The van der Waals surface area contributed by atoms with E-state index in [1.54, 1.807) is 35.9 Å². The van der Waals surface area contributed by atoms with Crippen molar-refractivity contribution in [2.75, 3.05) is 19.6 Å². The molecule has 5 rings (SSSR count). The number of nitrogens with zero attached hydrogens (tertiary/aromatic N) is 4. The van der Waals surface area contributed by atoms with Gasteiger partial charge in [0.05, 0.1) is 17.1 Å². The number of carboxylic acids is 2. The molecule has 1 aliphatic carbocycles. The summed E-state index contributed by atoms with van der Waals surface area (Å²) >= 11 is 1.61. The average molecular weight is 549 g/mol. The van der Waals surface area contributed by atoms with Crippen LogP contribution in [0.3, 0.4) is 0 Å². The van der Waals surface area contributed by atoms with E-state index in [4.69, 9.17) is 30.1 Å². The second-order valence-electron chi connectivity index (χ2n) is 9.57. The summed E-state index contributed by atoms with van der Waals surface area (Å²) in [6, 6.07) is 4.38. The molecule has 2 unspecified atom stereocenters. The number of fused-ring (bicyclic) bond motifs is 1. The second kappa shape index (κ2) is 12.6. The first-order valence-electron chi connectivity index (χ1n) is 12.6. The number of thiazole rings is 1. The summed E-state index contributed by atoms with van der Waals surface area (Å²) in [5.41, 5.74) is 1.79. The molecule has 2 atom stereocenters. The maximum atomic E-state index is 12.7. The number of aliphatic hydroxyl groups is 2. The van der Waals surface area contributed by atoms with E-state index in [1.165, 1.54) is 19.3 Å². The zero-order valence-electron chi connectivity index (χ0n) is 20.8. The van der Waals surface area contributed by atoms with Crippen LogP contribution in [0.2, 0.25) is 0 Å². The minimum absolute atomic E-state index is 0.0623. The van der Waals surface area contributed by atoms with E-state index < -0.39 is 24.1 Å². The molecule has 2 aliphatic heterocycles. The van der Waals surface area contributed by atoms with Crippen molar-refractivity contribution < 1.29 is 39.5 Å². The number of amides is 1. The topological polar surface area (TPSA) is 174 Å². The van der Waals surface area contributed by atoms with Crippen molar-refractivity contribution in [3.05, 3.63) is 40.7 Å². The van der Waals surface area contributed by atoms with Crippen LogP contribution in [0.15, 0.2) is 24.5 Å². The Bertz CT molecular complexity index is 1100. The van der Waals surface area contributed by atoms with Gasteiger partial charge in [-0.25, -0.2) is 14.6 Å². The Morgan fingerprint density at radius 1 is 0.974 bits per heavy atom. The van der Waals surface area contributed by atoms with Gasteiger partial charge in [0.25, 0.3) is 11.1 Å². The molecule has 0 bridgehead atoms. The predicted octanol–water partition coefficient (Wildman–Crippen LogP) is 1.01. The standard InChI is InChI=1S/C21H26N4O2S.C4H6O6/c26-20(15-4-9-22-10-5-15)25-13-8-18-19(14-25)28-21(23-18)27-17-6-11-24(12-7-17)16-2-1-3-16;5-1(3(7)8)2(6)4(9)10/h4-5,9-10,16-17H,1-3,6-8,11-14H2;1-2,5-6H,(H,7,8)(H,9,10). The maximum Gasteiger partial charge on any atom is 0.335 e. The van der Waals surface area contributed by atoms with Crippen LogP contribution >= 0.6 is 11.3 Å². The molecular weight excluding hydrogens is 516 g/mol. The predicted molar refractivity (Wildman–Crippen MR) is 135 cm³/mol. The van der Waals surface area contributed by atoms with E-state index in [0.29, 0.717) is 18.7 Å². The van der Waals surface area contributed by atoms with Gasteiger partial charge < -0.3 is 35.0 Å². The summed E-state index contributed by atoms with van der Waals surface area (Å²) in [6.07, 6.45) is 6.20. The number of piperidine rings is 1. The lowest BCUT2D eigenvalue weighted by molar-refractivity contribution is -0.165. The fourth-order valence-electron chi connectivity index (χ4n) is 4.60. The number of pyridine rings is 1. The molecule has 4 heterocycles. The highest BCUT2D eigenvalue weighted by Gasteiger charge is 2.31. The fraction of sp³-hybridized carbons (Fsp3) is 0.560. The molecule has 0 aromatic carbocycles. The molecule has 1 saturated heterocycles. The van der Waals surface area contributed by atoms with Gasteiger partial charge in [-0.1, -0.05) is 17.8 Å². The van der Waals surface area contributed by atoms with Crippen LogP contribution in [0.4, 0.5) is 0 Å². The van der Waals surface area contributed by atoms with E-state index in [2.05, 4.69) is 9.88 Å². The van der Waals surface area contributed by atoms with Crippen LogP contribution in [0.1, 0.15) is 53.0 Å². The lowest BCUT2D eigenvalue weighted by Gasteiger charge is -2.41. The van der Waals surface area contributed by atoms with Crippen LogP contribution < -0.4 is 4.74 Å². The third-order valence-electron chi connectivity index (χ3n) is 7.07. The Morgan fingerprint density at radius 2 is 1.61 bits per heavy atom. The Hall–Kier alpha value is -3.13. The van der Waals surface area contributed by atoms with Gasteiger partial charge in [-0.3, -0.25) is 9.78 Å². The van der Waals surface area contributed by atoms with E-state index >= 15 is 0 Å². The van der Waals surface area contributed by atoms with Gasteiger partial charge in [0.1, 0.15) is 6.10 Å². The zero-order valence-corrected chi connectivity index (χ0v) is 21.6. The third kappa shape index (κ3) is 6.84. The molecule has 13 heteroatoms. The zero-order chi connectivity index (χ0) is 27.2.